The van der Waals surface area contributed by atoms with Crippen molar-refractivity contribution in [2.24, 2.45) is 16.2 Å². The van der Waals surface area contributed by atoms with Gasteiger partial charge in [0.05, 0.1) is 33.9 Å². The Balaban J connectivity index is 1.23. The number of rotatable bonds is 6. The molecule has 5 atom stereocenters. The molecule has 1 saturated carbocycles. The molecule has 2 heterocycles. The van der Waals surface area contributed by atoms with Crippen LogP contribution < -0.4 is 9.64 Å². The second kappa shape index (κ2) is 15.0. The summed E-state index contributed by atoms with van der Waals surface area (Å²) in [6.45, 7) is 4.28. The lowest BCUT2D eigenvalue weighted by molar-refractivity contribution is -0.116. The Labute approximate surface area is 301 Å². The van der Waals surface area contributed by atoms with Crippen LogP contribution in [-0.2, 0) is 37.5 Å². The molecule has 1 spiro atoms. The molecule has 0 unspecified atom stereocenters. The number of methoxy groups -OCH3 is 1. The normalized spacial score (nSPS) is 28.3. The number of amides is 1. The minimum absolute atomic E-state index is 0.0262. The first-order chi connectivity index (χ1) is 24.6. The Hall–Kier alpha value is -3.82. The fraction of sp³-hybridized carbons (Fsp3) is 0.476. The van der Waals surface area contributed by atoms with E-state index < -0.39 is 15.6 Å². The Morgan fingerprint density at radius 3 is 2.73 bits per heavy atom. The van der Waals surface area contributed by atoms with E-state index in [1.807, 2.05) is 12.1 Å². The average Bonchev–Trinajstić information content (AvgIpc) is 3.25. The van der Waals surface area contributed by atoms with Gasteiger partial charge in [0.25, 0.3) is 5.91 Å². The number of anilines is 1. The third-order valence-electron chi connectivity index (χ3n) is 11.5. The van der Waals surface area contributed by atoms with Crippen LogP contribution in [-0.4, -0.2) is 60.3 Å². The highest BCUT2D eigenvalue weighted by molar-refractivity contribution is 7.94. The van der Waals surface area contributed by atoms with E-state index in [1.165, 1.54) is 28.8 Å². The summed E-state index contributed by atoms with van der Waals surface area (Å²) in [7, 11) is -1.43. The van der Waals surface area contributed by atoms with Gasteiger partial charge in [-0.1, -0.05) is 48.0 Å². The Morgan fingerprint density at radius 2 is 1.94 bits per heavy atom. The van der Waals surface area contributed by atoms with E-state index in [0.717, 1.165) is 62.2 Å². The van der Waals surface area contributed by atoms with Crippen LogP contribution in [0, 0.1) is 24.6 Å². The number of aryl methyl sites for hydroxylation is 3. The molecule has 4 aliphatic rings. The molecule has 270 valence electrons. The summed E-state index contributed by atoms with van der Waals surface area (Å²) < 4.78 is 44.8. The molecule has 3 aromatic rings. The predicted octanol–water partition coefficient (Wildman–Crippen LogP) is 7.81. The number of hydrogen-bond donors (Lipinski definition) is 0. The third-order valence-corrected chi connectivity index (χ3v) is 13.7. The number of allylic oxidation sites excluding steroid dienone is 1. The van der Waals surface area contributed by atoms with E-state index in [2.05, 4.69) is 46.5 Å². The monoisotopic (exact) mass is 712 g/mol. The quantitative estimate of drug-likeness (QED) is 0.243. The van der Waals surface area contributed by atoms with Crippen LogP contribution in [0.4, 0.5) is 10.1 Å². The van der Waals surface area contributed by atoms with E-state index in [1.54, 1.807) is 25.3 Å². The average molecular weight is 713 g/mol. The lowest BCUT2D eigenvalue weighted by Crippen LogP contribution is -2.49. The highest BCUT2D eigenvalue weighted by Crippen LogP contribution is 2.47. The van der Waals surface area contributed by atoms with E-state index in [4.69, 9.17) is 9.47 Å². The maximum Gasteiger partial charge on any atom is 0.285 e. The van der Waals surface area contributed by atoms with Gasteiger partial charge in [-0.15, -0.1) is 0 Å². The van der Waals surface area contributed by atoms with Gasteiger partial charge in [0.1, 0.15) is 17.3 Å². The summed E-state index contributed by atoms with van der Waals surface area (Å²) in [4.78, 5) is 29.5. The summed E-state index contributed by atoms with van der Waals surface area (Å²) in [6.07, 6.45) is 11.3. The number of carbonyl (C=O) groups is 2. The molecule has 3 aromatic carbocycles. The third kappa shape index (κ3) is 7.85. The summed E-state index contributed by atoms with van der Waals surface area (Å²) in [5, 5.41) is 0. The van der Waals surface area contributed by atoms with Crippen LogP contribution in [0.2, 0.25) is 0 Å². The van der Waals surface area contributed by atoms with Crippen molar-refractivity contribution in [3.8, 4) is 5.75 Å². The highest BCUT2D eigenvalue weighted by atomic mass is 32.2. The topological polar surface area (TPSA) is 85.3 Å². The highest BCUT2D eigenvalue weighted by Gasteiger charge is 2.44. The second-order valence-electron chi connectivity index (χ2n) is 15.1. The van der Waals surface area contributed by atoms with Gasteiger partial charge in [-0.05, 0) is 117 Å². The number of hydrogen-bond acceptors (Lipinski definition) is 6. The molecule has 2 aliphatic carbocycles. The summed E-state index contributed by atoms with van der Waals surface area (Å²) in [5.74, 6) is 0.223. The molecular weight excluding hydrogens is 664 g/mol. The zero-order valence-corrected chi connectivity index (χ0v) is 30.6. The van der Waals surface area contributed by atoms with Crippen LogP contribution >= 0.6 is 0 Å². The molecule has 1 fully saturated rings. The SMILES string of the molecule is CO[C@H]1/C=C/CCC[S@@](=O)(CC(=O)CCc2ccc(F)cc2)=NC(=O)c2ccc3c(c2)N(C[C@@H]2CC[C@H]21)C[C@@]1(CCCc2cc(C)ccc21)CO3. The first-order valence-corrected chi connectivity index (χ1v) is 20.3. The van der Waals surface area contributed by atoms with Crippen LogP contribution in [0.1, 0.15) is 77.6 Å². The zero-order chi connectivity index (χ0) is 35.6. The second-order valence-corrected chi connectivity index (χ2v) is 17.5. The molecule has 0 aromatic heterocycles. The van der Waals surface area contributed by atoms with E-state index in [9.17, 15) is 18.2 Å². The van der Waals surface area contributed by atoms with Gasteiger partial charge in [-0.2, -0.15) is 4.36 Å². The number of ether oxygens (including phenoxy) is 2. The summed E-state index contributed by atoms with van der Waals surface area (Å²) in [6, 6.07) is 18.3. The molecule has 0 N–H and O–H groups in total. The smallest absolute Gasteiger partial charge is 0.285 e. The number of carbonyl (C=O) groups excluding carboxylic acids is 2. The van der Waals surface area contributed by atoms with Crippen molar-refractivity contribution in [3.63, 3.8) is 0 Å². The van der Waals surface area contributed by atoms with Crippen molar-refractivity contribution < 1.29 is 27.7 Å². The van der Waals surface area contributed by atoms with Gasteiger partial charge < -0.3 is 14.4 Å². The lowest BCUT2D eigenvalue weighted by atomic mass is 9.68. The number of nitrogens with zero attached hydrogens (tertiary/aromatic N) is 2. The minimum atomic E-state index is -3.20. The number of ketones is 1. The van der Waals surface area contributed by atoms with Crippen LogP contribution in [0.15, 0.2) is 77.2 Å². The maximum atomic E-state index is 14.4. The van der Waals surface area contributed by atoms with Crippen molar-refractivity contribution in [2.75, 3.05) is 43.2 Å². The minimum Gasteiger partial charge on any atom is -0.490 e. The van der Waals surface area contributed by atoms with Crippen molar-refractivity contribution in [1.29, 1.82) is 0 Å². The summed E-state index contributed by atoms with van der Waals surface area (Å²) >= 11 is 0. The predicted molar refractivity (Wildman–Crippen MR) is 200 cm³/mol. The van der Waals surface area contributed by atoms with Crippen molar-refractivity contribution in [3.05, 3.63) is 106 Å². The molecule has 2 aliphatic heterocycles. The largest absolute Gasteiger partial charge is 0.490 e. The fourth-order valence-electron chi connectivity index (χ4n) is 8.61. The zero-order valence-electron chi connectivity index (χ0n) is 29.8. The molecule has 1 amide bonds. The molecule has 7 rings (SSSR count). The summed E-state index contributed by atoms with van der Waals surface area (Å²) in [5.41, 5.74) is 5.85. The van der Waals surface area contributed by atoms with Gasteiger partial charge in [-0.25, -0.2) is 8.60 Å². The van der Waals surface area contributed by atoms with Gasteiger partial charge in [0.2, 0.25) is 0 Å². The molecule has 2 bridgehead atoms. The maximum absolute atomic E-state index is 14.4. The van der Waals surface area contributed by atoms with Crippen LogP contribution in [0.25, 0.3) is 0 Å². The first kappa shape index (κ1) is 35.6. The first-order valence-electron chi connectivity index (χ1n) is 18.5. The molecule has 51 heavy (non-hydrogen) atoms. The molecule has 0 saturated heterocycles. The van der Waals surface area contributed by atoms with Crippen molar-refractivity contribution >= 4 is 27.1 Å². The van der Waals surface area contributed by atoms with Gasteiger partial charge in [0.15, 0.2) is 0 Å². The van der Waals surface area contributed by atoms with E-state index in [-0.39, 0.29) is 41.0 Å². The standard InChI is InChI=1S/C42H49FN2O5S/c1-29-9-19-37-31(23-29)7-6-21-42(37)27-45-25-33-13-18-36(33)39(49-2)8-4-3-5-22-51(48,26-35(46)17-12-30-10-15-34(43)16-11-30)44-41(47)32-14-20-40(50-28-42)38(45)24-32/h4,8-11,14-16,19-20,23-24,33,36,39H,3,5-7,12-13,17-18,21-22,25-28H2,1-2H3/b8-4+/t33-,36+,39-,42-,51+/m0/s1. The van der Waals surface area contributed by atoms with Crippen molar-refractivity contribution in [2.45, 2.75) is 76.2 Å². The number of fused-ring (bicyclic) bond motifs is 4. The Kier molecular flexibility index (Phi) is 10.5. The fourth-order valence-corrected chi connectivity index (χ4v) is 10.6. The number of benzene rings is 3. The molecule has 0 radical (unpaired) electrons. The molecule has 9 heteroatoms. The Morgan fingerprint density at radius 1 is 1.10 bits per heavy atom. The van der Waals surface area contributed by atoms with Gasteiger partial charge >= 0.3 is 0 Å². The van der Waals surface area contributed by atoms with Crippen molar-refractivity contribution in [1.82, 2.24) is 0 Å². The van der Waals surface area contributed by atoms with Gasteiger partial charge in [-0.3, -0.25) is 9.59 Å². The Bertz CT molecular complexity index is 1930. The lowest BCUT2D eigenvalue weighted by Gasteiger charge is -2.46. The number of Topliss-reactive ketones (excluding diaryl/α,β-unsaturated/α-hetero) is 1. The van der Waals surface area contributed by atoms with E-state index in [0.29, 0.717) is 43.3 Å². The van der Waals surface area contributed by atoms with Gasteiger partial charge in [0, 0.05) is 43.4 Å². The molecular formula is C42H49FN2O5S. The molecule has 7 nitrogen and oxygen atoms in total. The number of halogens is 1. The van der Waals surface area contributed by atoms with Crippen LogP contribution in [0.3, 0.4) is 0 Å². The van der Waals surface area contributed by atoms with E-state index >= 15 is 0 Å². The van der Waals surface area contributed by atoms with Crippen LogP contribution in [0.5, 0.6) is 5.75 Å².